The molecule has 0 spiro atoms. The van der Waals surface area contributed by atoms with Crippen molar-refractivity contribution in [1.82, 2.24) is 24.2 Å². The average molecular weight is 856 g/mol. The molecule has 0 bridgehead atoms. The van der Waals surface area contributed by atoms with Gasteiger partial charge in [0.2, 0.25) is 16.8 Å². The number of alkyl carbamates (subject to hydrolysis) is 1. The number of benzene rings is 2. The zero-order chi connectivity index (χ0) is 41.4. The smallest absolute Gasteiger partial charge is 0.407 e. The number of thiazole rings is 1. The van der Waals surface area contributed by atoms with E-state index in [1.807, 2.05) is 38.3 Å². The number of fused-ring (bicyclic) bond motifs is 2. The van der Waals surface area contributed by atoms with Crippen LogP contribution in [-0.2, 0) is 58.1 Å². The Balaban J connectivity index is 1.15. The van der Waals surface area contributed by atoms with Crippen molar-refractivity contribution in [3.63, 3.8) is 0 Å². The Bertz CT molecular complexity index is 2110. The SMILES string of the molecule is Cc1nc(COc2ccc(C[C@H](NC(=O)O[C@H]3CO[C@H]4OCC[C@H]43)[C@@H](CN(CC(C)C)S(=O)(=O)c3ccc4c(c3)OCO4)OC(=O)COCCn3ccnc3)cc2)cs1. The van der Waals surface area contributed by atoms with E-state index in [-0.39, 0.29) is 56.2 Å². The number of aryl methyl sites for hydroxylation is 1. The van der Waals surface area contributed by atoms with Crippen LogP contribution < -0.4 is 19.5 Å². The number of amides is 1. The van der Waals surface area contributed by atoms with E-state index in [4.69, 9.17) is 37.9 Å². The van der Waals surface area contributed by atoms with Crippen LogP contribution in [0.3, 0.4) is 0 Å². The third-order valence-electron chi connectivity index (χ3n) is 9.92. The Labute approximate surface area is 346 Å². The molecule has 5 atom stereocenters. The molecule has 3 aliphatic heterocycles. The highest BCUT2D eigenvalue weighted by Gasteiger charge is 2.44. The third kappa shape index (κ3) is 11.3. The molecule has 0 unspecified atom stereocenters. The number of carbonyl (C=O) groups is 2. The van der Waals surface area contributed by atoms with Gasteiger partial charge in [0.15, 0.2) is 17.8 Å². The molecule has 2 fully saturated rings. The van der Waals surface area contributed by atoms with Gasteiger partial charge in [-0.2, -0.15) is 4.31 Å². The van der Waals surface area contributed by atoms with Crippen LogP contribution >= 0.6 is 11.3 Å². The van der Waals surface area contributed by atoms with Gasteiger partial charge in [0, 0.05) is 36.9 Å². The maximum Gasteiger partial charge on any atom is 0.407 e. The van der Waals surface area contributed by atoms with Crippen molar-refractivity contribution in [1.29, 1.82) is 0 Å². The minimum atomic E-state index is -4.22. The molecule has 2 saturated heterocycles. The summed E-state index contributed by atoms with van der Waals surface area (Å²) in [6.45, 7) is 6.58. The second kappa shape index (κ2) is 19.5. The number of hydrogen-bond donors (Lipinski definition) is 1. The lowest BCUT2D eigenvalue weighted by Gasteiger charge is -2.33. The summed E-state index contributed by atoms with van der Waals surface area (Å²) in [4.78, 5) is 35.8. The first-order chi connectivity index (χ1) is 28.5. The van der Waals surface area contributed by atoms with Gasteiger partial charge in [0.05, 0.1) is 60.2 Å². The molecule has 3 aliphatic rings. The first-order valence-electron chi connectivity index (χ1n) is 19.5. The van der Waals surface area contributed by atoms with Gasteiger partial charge in [-0.1, -0.05) is 26.0 Å². The third-order valence-corrected chi connectivity index (χ3v) is 12.6. The van der Waals surface area contributed by atoms with Gasteiger partial charge in [-0.25, -0.2) is 28.0 Å². The normalized spacial score (nSPS) is 19.4. The minimum absolute atomic E-state index is 0.0274. The van der Waals surface area contributed by atoms with E-state index in [0.717, 1.165) is 16.3 Å². The molecular formula is C40H49N5O12S2. The molecule has 59 heavy (non-hydrogen) atoms. The predicted molar refractivity (Wildman–Crippen MR) is 211 cm³/mol. The van der Waals surface area contributed by atoms with E-state index in [2.05, 4.69) is 15.3 Å². The molecule has 19 heteroatoms. The number of ether oxygens (including phenoxy) is 8. The zero-order valence-electron chi connectivity index (χ0n) is 33.1. The predicted octanol–water partition coefficient (Wildman–Crippen LogP) is 4.33. The number of esters is 1. The molecule has 7 rings (SSSR count). The number of aromatic nitrogens is 3. The van der Waals surface area contributed by atoms with Crippen LogP contribution in [0.4, 0.5) is 4.79 Å². The lowest BCUT2D eigenvalue weighted by Crippen LogP contribution is -2.53. The van der Waals surface area contributed by atoms with Crippen molar-refractivity contribution in [3.05, 3.63) is 82.8 Å². The largest absolute Gasteiger partial charge is 0.487 e. The number of sulfonamides is 1. The zero-order valence-corrected chi connectivity index (χ0v) is 34.7. The standard InChI is InChI=1S/C40H49N5O12S2/c1-26(2)18-45(59(48,49)31-8-9-34-35(17-31)55-25-54-34)19-36(56-38(46)22-50-15-13-44-12-11-41-24-44)33(43-40(47)57-37-21-53-39-32(37)10-14-51-39)16-28-4-6-30(7-5-28)52-20-29-23-58-27(3)42-29/h4-9,11-12,17,23-24,26,32-33,36-37,39H,10,13-16,18-22,25H2,1-3H3,(H,43,47)/t32-,33-,36+,37-,39+/m0/s1. The van der Waals surface area contributed by atoms with Crippen LogP contribution in [0.1, 0.15) is 36.5 Å². The van der Waals surface area contributed by atoms with Crippen LogP contribution in [-0.4, -0.2) is 110 Å². The highest BCUT2D eigenvalue weighted by atomic mass is 32.2. The summed E-state index contributed by atoms with van der Waals surface area (Å²) in [5.41, 5.74) is 1.56. The summed E-state index contributed by atoms with van der Waals surface area (Å²) in [6, 6.07) is 10.7. The molecule has 1 N–H and O–H groups in total. The first-order valence-corrected chi connectivity index (χ1v) is 21.8. The van der Waals surface area contributed by atoms with Gasteiger partial charge >= 0.3 is 12.1 Å². The first kappa shape index (κ1) is 42.3. The van der Waals surface area contributed by atoms with E-state index in [9.17, 15) is 18.0 Å². The fraction of sp³-hybridized carbons (Fsp3) is 0.500. The number of rotatable bonds is 20. The van der Waals surface area contributed by atoms with Crippen LogP contribution in [0.5, 0.6) is 17.2 Å². The Morgan fingerprint density at radius 1 is 1.08 bits per heavy atom. The summed E-state index contributed by atoms with van der Waals surface area (Å²) in [5.74, 6) is 0.325. The summed E-state index contributed by atoms with van der Waals surface area (Å²) in [6.07, 6.45) is 2.83. The Morgan fingerprint density at radius 3 is 2.68 bits per heavy atom. The van der Waals surface area contributed by atoms with Gasteiger partial charge in [-0.3, -0.25) is 0 Å². The summed E-state index contributed by atoms with van der Waals surface area (Å²) in [5, 5.41) is 5.82. The monoisotopic (exact) mass is 855 g/mol. The molecule has 0 radical (unpaired) electrons. The Morgan fingerprint density at radius 2 is 1.92 bits per heavy atom. The highest BCUT2D eigenvalue weighted by Crippen LogP contribution is 2.35. The van der Waals surface area contributed by atoms with Crippen LogP contribution in [0.25, 0.3) is 0 Å². The van der Waals surface area contributed by atoms with Gasteiger partial charge in [0.25, 0.3) is 0 Å². The van der Waals surface area contributed by atoms with Crippen LogP contribution in [0.15, 0.2) is 71.5 Å². The number of nitrogens with one attached hydrogen (secondary N) is 1. The lowest BCUT2D eigenvalue weighted by atomic mass is 10.0. The van der Waals surface area contributed by atoms with Crippen molar-refractivity contribution >= 4 is 33.4 Å². The lowest BCUT2D eigenvalue weighted by molar-refractivity contribution is -0.156. The van der Waals surface area contributed by atoms with Crippen LogP contribution in [0.2, 0.25) is 0 Å². The van der Waals surface area contributed by atoms with E-state index in [1.165, 1.54) is 16.4 Å². The van der Waals surface area contributed by atoms with Gasteiger partial charge < -0.3 is 47.8 Å². The number of hydrogen-bond acceptors (Lipinski definition) is 15. The van der Waals surface area contributed by atoms with Crippen molar-refractivity contribution < 1.29 is 55.9 Å². The van der Waals surface area contributed by atoms with Gasteiger partial charge in [-0.05, 0) is 55.5 Å². The molecule has 17 nitrogen and oxygen atoms in total. The summed E-state index contributed by atoms with van der Waals surface area (Å²) in [7, 11) is -4.22. The highest BCUT2D eigenvalue weighted by molar-refractivity contribution is 7.89. The fourth-order valence-corrected chi connectivity index (χ4v) is 9.24. The maximum absolute atomic E-state index is 14.5. The average Bonchev–Trinajstić information content (AvgIpc) is 4.07. The molecule has 0 aliphatic carbocycles. The Hall–Kier alpha value is -4.79. The number of imidazole rings is 1. The quantitative estimate of drug-likeness (QED) is 0.0978. The molecular weight excluding hydrogens is 807 g/mol. The summed E-state index contributed by atoms with van der Waals surface area (Å²) < 4.78 is 77.8. The molecule has 1 amide bonds. The van der Waals surface area contributed by atoms with Crippen molar-refractivity contribution in [2.75, 3.05) is 46.3 Å². The van der Waals surface area contributed by atoms with Crippen LogP contribution in [0, 0.1) is 18.8 Å². The Kier molecular flexibility index (Phi) is 14.0. The topological polar surface area (TPSA) is 188 Å². The molecule has 2 aromatic carbocycles. The fourth-order valence-electron chi connectivity index (χ4n) is 7.01. The molecule has 4 aromatic rings. The van der Waals surface area contributed by atoms with Gasteiger partial charge in [-0.15, -0.1) is 11.3 Å². The van der Waals surface area contributed by atoms with Crippen molar-refractivity contribution in [3.8, 4) is 17.2 Å². The summed E-state index contributed by atoms with van der Waals surface area (Å²) >= 11 is 1.54. The second-order valence-electron chi connectivity index (χ2n) is 14.8. The second-order valence-corrected chi connectivity index (χ2v) is 17.8. The molecule has 2 aromatic heterocycles. The van der Waals surface area contributed by atoms with E-state index in [1.54, 1.807) is 52.8 Å². The number of nitrogens with zero attached hydrogens (tertiary/aromatic N) is 4. The maximum atomic E-state index is 14.5. The minimum Gasteiger partial charge on any atom is -0.487 e. The molecule has 0 saturated carbocycles. The molecule has 318 valence electrons. The van der Waals surface area contributed by atoms with E-state index >= 15 is 0 Å². The number of carbonyl (C=O) groups excluding carboxylic acids is 2. The van der Waals surface area contributed by atoms with Crippen molar-refractivity contribution in [2.45, 2.75) is 76.2 Å². The molecule has 5 heterocycles. The van der Waals surface area contributed by atoms with E-state index < -0.39 is 53.2 Å². The van der Waals surface area contributed by atoms with Crippen molar-refractivity contribution in [2.24, 2.45) is 11.8 Å². The van der Waals surface area contributed by atoms with Gasteiger partial charge in [0.1, 0.15) is 31.2 Å². The van der Waals surface area contributed by atoms with E-state index in [0.29, 0.717) is 43.4 Å².